The van der Waals surface area contributed by atoms with Crippen LogP contribution in [-0.2, 0) is 23.4 Å². The molecule has 0 saturated carbocycles. The van der Waals surface area contributed by atoms with Crippen LogP contribution in [0.3, 0.4) is 0 Å². The van der Waals surface area contributed by atoms with Crippen molar-refractivity contribution in [3.63, 3.8) is 0 Å². The number of aryl methyl sites for hydroxylation is 1. The third kappa shape index (κ3) is 11.2. The first-order chi connectivity index (χ1) is 17.3. The Morgan fingerprint density at radius 2 is 2.19 bits per heavy atom. The minimum Gasteiger partial charge on any atom is -0.364 e. The average Bonchev–Trinajstić information content (AvgIpc) is 3.21. The van der Waals surface area contributed by atoms with Crippen LogP contribution in [-0.4, -0.2) is 67.8 Å². The number of phosphoric ester groups is 1. The number of azide groups is 1. The molecule has 1 amide bonds. The predicted molar refractivity (Wildman–Crippen MR) is 138 cm³/mol. The van der Waals surface area contributed by atoms with Gasteiger partial charge in [-0.15, -0.1) is 0 Å². The molecule has 0 spiro atoms. The Morgan fingerprint density at radius 1 is 1.46 bits per heavy atom. The second kappa shape index (κ2) is 14.4. The van der Waals surface area contributed by atoms with E-state index in [9.17, 15) is 18.9 Å². The number of carbonyl (C=O) groups excluding carboxylic acids is 1. The minimum absolute atomic E-state index is 0.141. The fourth-order valence-corrected chi connectivity index (χ4v) is 5.76. The largest absolute Gasteiger partial charge is 0.469 e. The number of amides is 1. The van der Waals surface area contributed by atoms with E-state index < -0.39 is 44.1 Å². The summed E-state index contributed by atoms with van der Waals surface area (Å²) in [6.45, 7) is 5.62. The Hall–Kier alpha value is -1.81. The second-order valence-electron chi connectivity index (χ2n) is 8.75. The average molecular weight is 583 g/mol. The zero-order chi connectivity index (χ0) is 27.6. The van der Waals surface area contributed by atoms with Crippen LogP contribution in [0.25, 0.3) is 10.4 Å². The number of aromatic amines is 1. The SMILES string of the molecule is Cc1cn([C@H]2C[C@@H](OCSSC(C)(C)CNC(=O)CCCN=[N+]=[N-])[C@@H](COP(=O)(O)O)O2)c(=O)[nH]c1=O. The van der Waals surface area contributed by atoms with Crippen LogP contribution in [0.2, 0.25) is 0 Å². The monoisotopic (exact) mass is 582 g/mol. The van der Waals surface area contributed by atoms with Gasteiger partial charge in [0.05, 0.1) is 12.7 Å². The lowest BCUT2D eigenvalue weighted by Gasteiger charge is -2.24. The van der Waals surface area contributed by atoms with Crippen molar-refractivity contribution in [3.8, 4) is 0 Å². The molecule has 0 aliphatic carbocycles. The first-order valence-corrected chi connectivity index (χ1v) is 15.0. The summed E-state index contributed by atoms with van der Waals surface area (Å²) >= 11 is 0. The van der Waals surface area contributed by atoms with Crippen LogP contribution in [0.15, 0.2) is 20.9 Å². The molecule has 1 aromatic heterocycles. The number of hydrogen-bond donors (Lipinski definition) is 4. The molecule has 0 unspecified atom stereocenters. The molecule has 37 heavy (non-hydrogen) atoms. The van der Waals surface area contributed by atoms with Crippen LogP contribution in [0.1, 0.15) is 44.9 Å². The zero-order valence-corrected chi connectivity index (χ0v) is 23.1. The maximum atomic E-state index is 12.3. The lowest BCUT2D eigenvalue weighted by atomic mass is 10.2. The Labute approximate surface area is 220 Å². The topological polar surface area (TPSA) is 218 Å². The van der Waals surface area contributed by atoms with E-state index in [1.807, 2.05) is 13.8 Å². The normalized spacial score (nSPS) is 20.0. The fraction of sp³-hybridized carbons (Fsp3) is 0.737. The quantitative estimate of drug-likeness (QED) is 0.0445. The van der Waals surface area contributed by atoms with E-state index in [1.54, 1.807) is 0 Å². The molecule has 3 atom stereocenters. The van der Waals surface area contributed by atoms with Gasteiger partial charge < -0.3 is 24.6 Å². The third-order valence-corrected chi connectivity index (χ3v) is 8.52. The van der Waals surface area contributed by atoms with Gasteiger partial charge in [-0.3, -0.25) is 23.7 Å². The van der Waals surface area contributed by atoms with E-state index in [0.29, 0.717) is 18.5 Å². The molecule has 0 aromatic carbocycles. The van der Waals surface area contributed by atoms with Gasteiger partial charge in [-0.05, 0) is 32.7 Å². The standard InChI is InChI=1S/C19H31N6O9PS2/c1-12-8-25(18(28)23-17(12)27)16-7-13(14(34-16)9-33-35(29,30)31)32-11-36-37-19(2,3)10-21-15(26)5-4-6-22-24-20/h8,13-14,16H,4-7,9-11H2,1-3H3,(H,21,26)(H,23,27,28)(H2,29,30,31)/t13-,14-,16-/m1/s1. The molecule has 1 aliphatic rings. The summed E-state index contributed by atoms with van der Waals surface area (Å²) in [6, 6.07) is 0. The maximum absolute atomic E-state index is 12.3. The lowest BCUT2D eigenvalue weighted by Crippen LogP contribution is -2.35. The Kier molecular flexibility index (Phi) is 12.2. The number of phosphoric acid groups is 1. The number of rotatable bonds is 15. The first-order valence-electron chi connectivity index (χ1n) is 11.2. The summed E-state index contributed by atoms with van der Waals surface area (Å²) in [6.07, 6.45) is -0.0959. The molecular weight excluding hydrogens is 551 g/mol. The van der Waals surface area contributed by atoms with Crippen molar-refractivity contribution in [2.45, 2.75) is 63.2 Å². The second-order valence-corrected chi connectivity index (χ2v) is 12.9. The van der Waals surface area contributed by atoms with E-state index in [4.69, 9.17) is 24.8 Å². The number of nitrogens with zero attached hydrogens (tertiary/aromatic N) is 4. The van der Waals surface area contributed by atoms with Crippen molar-refractivity contribution in [1.82, 2.24) is 14.9 Å². The zero-order valence-electron chi connectivity index (χ0n) is 20.6. The Balaban J connectivity index is 1.89. The fourth-order valence-electron chi connectivity index (χ4n) is 3.25. The Morgan fingerprint density at radius 3 is 2.86 bits per heavy atom. The van der Waals surface area contributed by atoms with Crippen LogP contribution >= 0.6 is 29.4 Å². The van der Waals surface area contributed by atoms with Gasteiger partial charge in [-0.1, -0.05) is 26.7 Å². The molecule has 0 bridgehead atoms. The van der Waals surface area contributed by atoms with Crippen LogP contribution in [0, 0.1) is 6.92 Å². The van der Waals surface area contributed by atoms with Crippen LogP contribution < -0.4 is 16.6 Å². The van der Waals surface area contributed by atoms with Gasteiger partial charge in [-0.25, -0.2) is 9.36 Å². The van der Waals surface area contributed by atoms with Crippen molar-refractivity contribution in [2.75, 3.05) is 25.6 Å². The molecule has 15 nitrogen and oxygen atoms in total. The smallest absolute Gasteiger partial charge is 0.364 e. The van der Waals surface area contributed by atoms with Gasteiger partial charge in [0, 0.05) is 47.4 Å². The molecular formula is C19H31N6O9PS2. The summed E-state index contributed by atoms with van der Waals surface area (Å²) in [5.41, 5.74) is 7.36. The molecule has 2 heterocycles. The van der Waals surface area contributed by atoms with E-state index in [-0.39, 0.29) is 36.0 Å². The van der Waals surface area contributed by atoms with Crippen molar-refractivity contribution in [1.29, 1.82) is 0 Å². The summed E-state index contributed by atoms with van der Waals surface area (Å²) in [7, 11) is -1.91. The highest BCUT2D eigenvalue weighted by Crippen LogP contribution is 2.40. The number of aromatic nitrogens is 2. The van der Waals surface area contributed by atoms with Gasteiger partial charge in [-0.2, -0.15) is 0 Å². The van der Waals surface area contributed by atoms with Crippen LogP contribution in [0.4, 0.5) is 0 Å². The van der Waals surface area contributed by atoms with Crippen LogP contribution in [0.5, 0.6) is 0 Å². The molecule has 1 saturated heterocycles. The Bertz CT molecular complexity index is 1130. The molecule has 0 radical (unpaired) electrons. The predicted octanol–water partition coefficient (Wildman–Crippen LogP) is 1.95. The van der Waals surface area contributed by atoms with Gasteiger partial charge >= 0.3 is 13.5 Å². The summed E-state index contributed by atoms with van der Waals surface area (Å²) in [5, 5.41) is 6.23. The third-order valence-electron chi connectivity index (χ3n) is 5.09. The summed E-state index contributed by atoms with van der Waals surface area (Å²) < 4.78 is 28.3. The van der Waals surface area contributed by atoms with Gasteiger partial charge in [0.1, 0.15) is 18.3 Å². The van der Waals surface area contributed by atoms with Crippen molar-refractivity contribution in [2.24, 2.45) is 5.11 Å². The van der Waals surface area contributed by atoms with E-state index in [0.717, 1.165) is 0 Å². The van der Waals surface area contributed by atoms with Crippen molar-refractivity contribution >= 4 is 35.3 Å². The number of H-pyrrole nitrogens is 1. The van der Waals surface area contributed by atoms with Crippen molar-refractivity contribution < 1.29 is 33.1 Å². The van der Waals surface area contributed by atoms with E-state index in [2.05, 4.69) is 24.9 Å². The van der Waals surface area contributed by atoms with E-state index in [1.165, 1.54) is 39.3 Å². The molecule has 4 N–H and O–H groups in total. The lowest BCUT2D eigenvalue weighted by molar-refractivity contribution is -0.121. The molecule has 1 fully saturated rings. The highest BCUT2D eigenvalue weighted by Gasteiger charge is 2.39. The minimum atomic E-state index is -4.76. The maximum Gasteiger partial charge on any atom is 0.469 e. The molecule has 208 valence electrons. The van der Waals surface area contributed by atoms with Crippen molar-refractivity contribution in [3.05, 3.63) is 43.0 Å². The molecule has 18 heteroatoms. The summed E-state index contributed by atoms with van der Waals surface area (Å²) in [4.78, 5) is 58.8. The molecule has 2 rings (SSSR count). The highest BCUT2D eigenvalue weighted by atomic mass is 33.1. The number of carbonyl (C=O) groups is 1. The number of nitrogens with one attached hydrogen (secondary N) is 2. The van der Waals surface area contributed by atoms with Gasteiger partial charge in [0.25, 0.3) is 5.56 Å². The van der Waals surface area contributed by atoms with Gasteiger partial charge in [0.2, 0.25) is 5.91 Å². The number of ether oxygens (including phenoxy) is 2. The molecule has 1 aromatic rings. The summed E-state index contributed by atoms with van der Waals surface area (Å²) in [5.74, 6) is 0.0406. The first kappa shape index (κ1) is 31.4. The molecule has 1 aliphatic heterocycles. The number of hydrogen-bond acceptors (Lipinski definition) is 10. The van der Waals surface area contributed by atoms with E-state index >= 15 is 0 Å². The van der Waals surface area contributed by atoms with Gasteiger partial charge in [0.15, 0.2) is 0 Å². The highest BCUT2D eigenvalue weighted by molar-refractivity contribution is 8.77.